The Balaban J connectivity index is 0.00000338. The van der Waals surface area contributed by atoms with Crippen molar-refractivity contribution in [3.63, 3.8) is 0 Å². The van der Waals surface area contributed by atoms with Crippen LogP contribution in [0.15, 0.2) is 29.3 Å². The first kappa shape index (κ1) is 23.1. The summed E-state index contributed by atoms with van der Waals surface area (Å²) < 4.78 is 10.5. The lowest BCUT2D eigenvalue weighted by Gasteiger charge is -2.26. The normalized spacial score (nSPS) is 15.4. The SMILES string of the molecule is CCNC(=NCc1ccc(CN2CCOCC2)cc1)NCCCOC.I. The van der Waals surface area contributed by atoms with Crippen LogP contribution in [0.4, 0.5) is 0 Å². The highest BCUT2D eigenvalue weighted by Crippen LogP contribution is 2.10. The van der Waals surface area contributed by atoms with Gasteiger partial charge < -0.3 is 20.1 Å². The monoisotopic (exact) mass is 476 g/mol. The Morgan fingerprint density at radius 3 is 2.50 bits per heavy atom. The highest BCUT2D eigenvalue weighted by molar-refractivity contribution is 14.0. The first-order chi connectivity index (χ1) is 12.3. The summed E-state index contributed by atoms with van der Waals surface area (Å²) >= 11 is 0. The van der Waals surface area contributed by atoms with Crippen molar-refractivity contribution in [1.29, 1.82) is 0 Å². The number of rotatable bonds is 9. The van der Waals surface area contributed by atoms with Gasteiger partial charge in [-0.1, -0.05) is 24.3 Å². The highest BCUT2D eigenvalue weighted by atomic mass is 127. The summed E-state index contributed by atoms with van der Waals surface area (Å²) in [6, 6.07) is 8.76. The maximum Gasteiger partial charge on any atom is 0.191 e. The molecule has 0 bridgehead atoms. The number of methoxy groups -OCH3 is 1. The van der Waals surface area contributed by atoms with E-state index in [9.17, 15) is 0 Å². The van der Waals surface area contributed by atoms with Gasteiger partial charge in [0.1, 0.15) is 0 Å². The summed E-state index contributed by atoms with van der Waals surface area (Å²) in [6.07, 6.45) is 0.969. The molecule has 1 aromatic carbocycles. The molecule has 0 unspecified atom stereocenters. The number of ether oxygens (including phenoxy) is 2. The molecule has 7 heteroatoms. The molecule has 0 atom stereocenters. The second-order valence-corrected chi connectivity index (χ2v) is 6.17. The van der Waals surface area contributed by atoms with Gasteiger partial charge in [0.15, 0.2) is 5.96 Å². The van der Waals surface area contributed by atoms with Crippen molar-refractivity contribution < 1.29 is 9.47 Å². The van der Waals surface area contributed by atoms with Gasteiger partial charge in [-0.3, -0.25) is 4.90 Å². The summed E-state index contributed by atoms with van der Waals surface area (Å²) in [5.41, 5.74) is 2.57. The third-order valence-corrected chi connectivity index (χ3v) is 4.11. The zero-order valence-corrected chi connectivity index (χ0v) is 18.3. The topological polar surface area (TPSA) is 58.1 Å². The van der Waals surface area contributed by atoms with Crippen molar-refractivity contribution >= 4 is 29.9 Å². The Bertz CT molecular complexity index is 505. The number of halogens is 1. The van der Waals surface area contributed by atoms with Crippen molar-refractivity contribution in [3.05, 3.63) is 35.4 Å². The van der Waals surface area contributed by atoms with Gasteiger partial charge in [-0.05, 0) is 24.5 Å². The second kappa shape index (κ2) is 14.2. The van der Waals surface area contributed by atoms with Gasteiger partial charge in [0, 0.05) is 46.4 Å². The minimum absolute atomic E-state index is 0. The number of guanidine groups is 1. The standard InChI is InChI=1S/C19H32N4O2.HI/c1-3-20-19(21-9-4-12-24-2)22-15-17-5-7-18(8-6-17)16-23-10-13-25-14-11-23;/h5-8H,3-4,9-16H2,1-2H3,(H2,20,21,22);1H. The van der Waals surface area contributed by atoms with E-state index in [1.165, 1.54) is 11.1 Å². The second-order valence-electron chi connectivity index (χ2n) is 6.17. The molecule has 0 spiro atoms. The first-order valence-electron chi connectivity index (χ1n) is 9.21. The molecule has 26 heavy (non-hydrogen) atoms. The summed E-state index contributed by atoms with van der Waals surface area (Å²) in [4.78, 5) is 7.09. The predicted molar refractivity (Wildman–Crippen MR) is 117 cm³/mol. The van der Waals surface area contributed by atoms with E-state index in [4.69, 9.17) is 9.47 Å². The van der Waals surface area contributed by atoms with Gasteiger partial charge in [-0.25, -0.2) is 4.99 Å². The molecule has 1 aliphatic rings. The van der Waals surface area contributed by atoms with Gasteiger partial charge >= 0.3 is 0 Å². The van der Waals surface area contributed by atoms with Gasteiger partial charge in [0.25, 0.3) is 0 Å². The van der Waals surface area contributed by atoms with Crippen molar-refractivity contribution in [3.8, 4) is 0 Å². The molecule has 1 heterocycles. The van der Waals surface area contributed by atoms with Crippen molar-refractivity contribution in [2.45, 2.75) is 26.4 Å². The third-order valence-electron chi connectivity index (χ3n) is 4.11. The Labute approximate surface area is 174 Å². The van der Waals surface area contributed by atoms with E-state index in [0.717, 1.165) is 64.9 Å². The Hall–Kier alpha value is -0.900. The maximum absolute atomic E-state index is 5.40. The van der Waals surface area contributed by atoms with Gasteiger partial charge in [0.05, 0.1) is 19.8 Å². The number of benzene rings is 1. The van der Waals surface area contributed by atoms with Crippen LogP contribution in [0.1, 0.15) is 24.5 Å². The largest absolute Gasteiger partial charge is 0.385 e. The molecule has 0 amide bonds. The van der Waals surface area contributed by atoms with Gasteiger partial charge in [-0.15, -0.1) is 24.0 Å². The molecule has 0 radical (unpaired) electrons. The van der Waals surface area contributed by atoms with Crippen LogP contribution in [0.25, 0.3) is 0 Å². The fraction of sp³-hybridized carbons (Fsp3) is 0.632. The lowest BCUT2D eigenvalue weighted by atomic mass is 10.1. The molecule has 1 aromatic rings. The van der Waals surface area contributed by atoms with Crippen molar-refractivity contribution in [1.82, 2.24) is 15.5 Å². The number of hydrogen-bond donors (Lipinski definition) is 2. The third kappa shape index (κ3) is 9.16. The summed E-state index contributed by atoms with van der Waals surface area (Å²) in [5, 5.41) is 6.61. The molecule has 0 aliphatic carbocycles. The lowest BCUT2D eigenvalue weighted by molar-refractivity contribution is 0.0342. The molecule has 1 fully saturated rings. The molecule has 148 valence electrons. The lowest BCUT2D eigenvalue weighted by Crippen LogP contribution is -2.38. The molecule has 1 saturated heterocycles. The van der Waals surface area contributed by atoms with Crippen LogP contribution in [0.5, 0.6) is 0 Å². The van der Waals surface area contributed by atoms with Crippen LogP contribution in [-0.4, -0.2) is 64.0 Å². The van der Waals surface area contributed by atoms with E-state index in [0.29, 0.717) is 6.54 Å². The molecule has 6 nitrogen and oxygen atoms in total. The van der Waals surface area contributed by atoms with Crippen molar-refractivity contribution in [2.75, 3.05) is 53.1 Å². The molecule has 0 saturated carbocycles. The van der Waals surface area contributed by atoms with Gasteiger partial charge in [-0.2, -0.15) is 0 Å². The average molecular weight is 476 g/mol. The zero-order chi connectivity index (χ0) is 17.7. The molecule has 2 rings (SSSR count). The highest BCUT2D eigenvalue weighted by Gasteiger charge is 2.10. The predicted octanol–water partition coefficient (Wildman–Crippen LogP) is 2.23. The van der Waals surface area contributed by atoms with Gasteiger partial charge in [0.2, 0.25) is 0 Å². The summed E-state index contributed by atoms with van der Waals surface area (Å²) in [5.74, 6) is 0.857. The van der Waals surface area contributed by atoms with Crippen molar-refractivity contribution in [2.24, 2.45) is 4.99 Å². The smallest absolute Gasteiger partial charge is 0.191 e. The number of aliphatic imine (C=N–C) groups is 1. The minimum Gasteiger partial charge on any atom is -0.385 e. The quantitative estimate of drug-likeness (QED) is 0.248. The van der Waals surface area contributed by atoms with Crippen LogP contribution < -0.4 is 10.6 Å². The van der Waals surface area contributed by atoms with Crippen LogP contribution in [-0.2, 0) is 22.6 Å². The zero-order valence-electron chi connectivity index (χ0n) is 16.0. The number of nitrogens with one attached hydrogen (secondary N) is 2. The summed E-state index contributed by atoms with van der Waals surface area (Å²) in [7, 11) is 1.72. The minimum atomic E-state index is 0. The number of morpholine rings is 1. The van der Waals surface area contributed by atoms with E-state index in [1.54, 1.807) is 7.11 Å². The molecule has 2 N–H and O–H groups in total. The average Bonchev–Trinajstić information content (AvgIpc) is 2.65. The summed E-state index contributed by atoms with van der Waals surface area (Å²) in [6.45, 7) is 9.96. The number of hydrogen-bond acceptors (Lipinski definition) is 4. The number of nitrogens with zero attached hydrogens (tertiary/aromatic N) is 2. The molecular weight excluding hydrogens is 443 g/mol. The molecular formula is C19H33IN4O2. The first-order valence-corrected chi connectivity index (χ1v) is 9.21. The Morgan fingerprint density at radius 1 is 1.15 bits per heavy atom. The molecule has 1 aliphatic heterocycles. The van der Waals surface area contributed by atoms with Crippen LogP contribution in [0, 0.1) is 0 Å². The Kier molecular flexibility index (Phi) is 12.6. The fourth-order valence-corrected chi connectivity index (χ4v) is 2.70. The van der Waals surface area contributed by atoms with E-state index >= 15 is 0 Å². The van der Waals surface area contributed by atoms with E-state index in [1.807, 2.05) is 0 Å². The van der Waals surface area contributed by atoms with Crippen LogP contribution in [0.2, 0.25) is 0 Å². The maximum atomic E-state index is 5.40. The van der Waals surface area contributed by atoms with Crippen LogP contribution in [0.3, 0.4) is 0 Å². The van der Waals surface area contributed by atoms with E-state index < -0.39 is 0 Å². The fourth-order valence-electron chi connectivity index (χ4n) is 2.70. The Morgan fingerprint density at radius 2 is 1.85 bits per heavy atom. The molecule has 0 aromatic heterocycles. The van der Waals surface area contributed by atoms with E-state index in [-0.39, 0.29) is 24.0 Å². The van der Waals surface area contributed by atoms with Crippen LogP contribution >= 0.6 is 24.0 Å². The van der Waals surface area contributed by atoms with E-state index in [2.05, 4.69) is 51.7 Å².